The Morgan fingerprint density at radius 3 is 1.96 bits per heavy atom. The molecule has 0 aliphatic heterocycles. The van der Waals surface area contributed by atoms with Crippen LogP contribution in [-0.4, -0.2) is 71.0 Å². The fourth-order valence-corrected chi connectivity index (χ4v) is 1.88. The number of halogens is 3. The predicted molar refractivity (Wildman–Crippen MR) is 93.4 cm³/mol. The molecule has 0 heterocycles. The fourth-order valence-electron chi connectivity index (χ4n) is 1.71. The number of aliphatic hydroxyl groups is 1. The minimum Gasteiger partial charge on any atom is -0.463 e. The third-order valence-electron chi connectivity index (χ3n) is 2.64. The molecule has 0 aromatic heterocycles. The minimum absolute atomic E-state index is 0.423. The number of aliphatic hydroxyl groups excluding tert-OH is 1. The lowest BCUT2D eigenvalue weighted by Crippen LogP contribution is -2.50. The van der Waals surface area contributed by atoms with E-state index < -0.39 is 65.9 Å². The highest BCUT2D eigenvalue weighted by atomic mass is 35.6. The van der Waals surface area contributed by atoms with E-state index in [1.807, 2.05) is 0 Å². The van der Waals surface area contributed by atoms with Crippen LogP contribution in [0.2, 0.25) is 0 Å². The molecule has 0 bridgehead atoms. The van der Waals surface area contributed by atoms with Gasteiger partial charge in [0.05, 0.1) is 6.54 Å². The van der Waals surface area contributed by atoms with Crippen molar-refractivity contribution in [2.45, 2.75) is 42.9 Å². The molecule has 0 aliphatic carbocycles. The zero-order chi connectivity index (χ0) is 21.2. The summed E-state index contributed by atoms with van der Waals surface area (Å²) in [5.74, 6) is -2.28. The monoisotopic (exact) mass is 451 g/mol. The lowest BCUT2D eigenvalue weighted by atomic mass is 10.1. The molecule has 3 atom stereocenters. The van der Waals surface area contributed by atoms with Crippen LogP contribution in [0, 0.1) is 0 Å². The number of rotatable bonds is 9. The average Bonchev–Trinajstić information content (AvgIpc) is 2.51. The van der Waals surface area contributed by atoms with Gasteiger partial charge in [0.2, 0.25) is 3.79 Å². The Balaban J connectivity index is 5.07. The summed E-state index contributed by atoms with van der Waals surface area (Å²) >= 11 is 16.3. The molecule has 0 radical (unpaired) electrons. The van der Waals surface area contributed by atoms with Crippen molar-refractivity contribution < 1.29 is 43.2 Å². The Morgan fingerprint density at radius 2 is 1.52 bits per heavy atom. The normalized spacial score (nSPS) is 14.3. The summed E-state index contributed by atoms with van der Waals surface area (Å²) in [4.78, 5) is 45.1. The van der Waals surface area contributed by atoms with Gasteiger partial charge >= 0.3 is 24.0 Å². The van der Waals surface area contributed by atoms with E-state index in [2.05, 4.69) is 14.8 Å². The first-order valence-corrected chi connectivity index (χ1v) is 8.58. The first kappa shape index (κ1) is 25.5. The van der Waals surface area contributed by atoms with Gasteiger partial charge in [-0.3, -0.25) is 14.4 Å². The van der Waals surface area contributed by atoms with E-state index >= 15 is 0 Å². The molecule has 1 amide bonds. The smallest absolute Gasteiger partial charge is 0.407 e. The van der Waals surface area contributed by atoms with Crippen molar-refractivity contribution in [3.63, 3.8) is 0 Å². The second-order valence-electron chi connectivity index (χ2n) is 5.16. The van der Waals surface area contributed by atoms with Crippen molar-refractivity contribution >= 4 is 58.8 Å². The summed E-state index contributed by atoms with van der Waals surface area (Å²) in [7, 11) is 0. The largest absolute Gasteiger partial charge is 0.463 e. The van der Waals surface area contributed by atoms with Gasteiger partial charge in [-0.05, 0) is 0 Å². The molecule has 0 aromatic carbocycles. The molecule has 0 saturated carbocycles. The van der Waals surface area contributed by atoms with Gasteiger partial charge in [-0.1, -0.05) is 34.8 Å². The van der Waals surface area contributed by atoms with Crippen molar-refractivity contribution in [2.24, 2.45) is 0 Å². The molecule has 0 saturated heterocycles. The lowest BCUT2D eigenvalue weighted by molar-refractivity contribution is -0.179. The summed E-state index contributed by atoms with van der Waals surface area (Å²) in [5, 5.41) is 12.3. The summed E-state index contributed by atoms with van der Waals surface area (Å²) in [6, 6.07) is 0. The van der Waals surface area contributed by atoms with E-state index in [0.717, 1.165) is 20.8 Å². The van der Waals surface area contributed by atoms with Crippen LogP contribution >= 0.6 is 34.8 Å². The molecule has 10 nitrogen and oxygen atoms in total. The third kappa shape index (κ3) is 13.3. The second kappa shape index (κ2) is 12.1. The van der Waals surface area contributed by atoms with E-state index in [1.165, 1.54) is 0 Å². The standard InChI is InChI=1S/C14H20Cl3NO9/c1-7(19)24-5-10(22)12(27-9(3)21)11(26-8(2)20)4-18-13(23)25-6-14(15,16)17/h10-12,22H,4-6H2,1-3H3,(H,18,23)/t10?,11-,12-/m1/s1. The number of alkyl halides is 3. The van der Waals surface area contributed by atoms with Crippen molar-refractivity contribution in [3.8, 4) is 0 Å². The van der Waals surface area contributed by atoms with E-state index in [9.17, 15) is 24.3 Å². The number of amides is 1. The number of alkyl carbamates (subject to hydrolysis) is 1. The highest BCUT2D eigenvalue weighted by Crippen LogP contribution is 2.25. The highest BCUT2D eigenvalue weighted by Gasteiger charge is 2.35. The Labute approximate surface area is 170 Å². The Hall–Kier alpha value is -1.49. The quantitative estimate of drug-likeness (QED) is 0.296. The zero-order valence-electron chi connectivity index (χ0n) is 14.7. The molecule has 2 N–H and O–H groups in total. The van der Waals surface area contributed by atoms with Gasteiger partial charge in [-0.15, -0.1) is 0 Å². The van der Waals surface area contributed by atoms with Crippen LogP contribution in [0.4, 0.5) is 4.79 Å². The summed E-state index contributed by atoms with van der Waals surface area (Å²) in [5.41, 5.74) is 0. The van der Waals surface area contributed by atoms with Gasteiger partial charge in [0.25, 0.3) is 0 Å². The van der Waals surface area contributed by atoms with E-state index in [4.69, 9.17) is 44.3 Å². The van der Waals surface area contributed by atoms with Crippen molar-refractivity contribution in [1.29, 1.82) is 0 Å². The maximum absolute atomic E-state index is 11.6. The molecule has 0 aliphatic rings. The van der Waals surface area contributed by atoms with Crippen LogP contribution in [0.5, 0.6) is 0 Å². The molecule has 0 aromatic rings. The Morgan fingerprint density at radius 1 is 0.963 bits per heavy atom. The van der Waals surface area contributed by atoms with Crippen molar-refractivity contribution in [1.82, 2.24) is 5.32 Å². The molecule has 13 heteroatoms. The van der Waals surface area contributed by atoms with Gasteiger partial charge in [-0.2, -0.15) is 0 Å². The second-order valence-corrected chi connectivity index (χ2v) is 7.68. The van der Waals surface area contributed by atoms with Crippen LogP contribution in [0.3, 0.4) is 0 Å². The molecular weight excluding hydrogens is 433 g/mol. The van der Waals surface area contributed by atoms with Gasteiger partial charge < -0.3 is 29.4 Å². The summed E-state index contributed by atoms with van der Waals surface area (Å²) in [6.07, 6.45) is -5.33. The number of carbonyl (C=O) groups is 4. The van der Waals surface area contributed by atoms with Gasteiger partial charge in [0, 0.05) is 20.8 Å². The van der Waals surface area contributed by atoms with Gasteiger partial charge in [0.15, 0.2) is 12.2 Å². The van der Waals surface area contributed by atoms with Crippen LogP contribution in [0.25, 0.3) is 0 Å². The summed E-state index contributed by atoms with van der Waals surface area (Å²) < 4.78 is 17.4. The maximum Gasteiger partial charge on any atom is 0.407 e. The number of hydrogen-bond acceptors (Lipinski definition) is 9. The van der Waals surface area contributed by atoms with E-state index in [1.54, 1.807) is 0 Å². The molecule has 0 fully saturated rings. The molecule has 27 heavy (non-hydrogen) atoms. The molecule has 0 rings (SSSR count). The van der Waals surface area contributed by atoms with E-state index in [0.29, 0.717) is 0 Å². The minimum atomic E-state index is -1.83. The Kier molecular flexibility index (Phi) is 11.4. The molecular formula is C14H20Cl3NO9. The third-order valence-corrected chi connectivity index (χ3v) is 2.96. The van der Waals surface area contributed by atoms with Crippen molar-refractivity contribution in [3.05, 3.63) is 0 Å². The van der Waals surface area contributed by atoms with E-state index in [-0.39, 0.29) is 0 Å². The van der Waals surface area contributed by atoms with Gasteiger partial charge in [0.1, 0.15) is 19.3 Å². The molecule has 156 valence electrons. The summed E-state index contributed by atoms with van der Waals surface area (Å²) in [6.45, 7) is 1.72. The number of carbonyl (C=O) groups excluding carboxylic acids is 4. The van der Waals surface area contributed by atoms with Crippen LogP contribution in [0.1, 0.15) is 20.8 Å². The fraction of sp³-hybridized carbons (Fsp3) is 0.714. The number of nitrogens with one attached hydrogen (secondary N) is 1. The highest BCUT2D eigenvalue weighted by molar-refractivity contribution is 6.67. The van der Waals surface area contributed by atoms with Crippen LogP contribution < -0.4 is 5.32 Å². The lowest BCUT2D eigenvalue weighted by Gasteiger charge is -2.29. The topological polar surface area (TPSA) is 137 Å². The van der Waals surface area contributed by atoms with Crippen LogP contribution in [0.15, 0.2) is 0 Å². The van der Waals surface area contributed by atoms with Crippen LogP contribution in [-0.2, 0) is 33.3 Å². The first-order valence-electron chi connectivity index (χ1n) is 7.45. The SMILES string of the molecule is CC(=O)OCC(O)[C@@H](OC(C)=O)[C@@H](CNC(=O)OCC(Cl)(Cl)Cl)OC(C)=O. The molecule has 0 spiro atoms. The average molecular weight is 453 g/mol. The first-order chi connectivity index (χ1) is 12.3. The van der Waals surface area contributed by atoms with Gasteiger partial charge in [-0.25, -0.2) is 4.79 Å². The molecule has 1 unspecified atom stereocenters. The predicted octanol–water partition coefficient (Wildman–Crippen LogP) is 0.870. The van der Waals surface area contributed by atoms with Crippen molar-refractivity contribution in [2.75, 3.05) is 19.8 Å². The number of ether oxygens (including phenoxy) is 4. The zero-order valence-corrected chi connectivity index (χ0v) is 17.0. The maximum atomic E-state index is 11.6. The number of esters is 3. The Bertz CT molecular complexity index is 538. The number of hydrogen-bond donors (Lipinski definition) is 2.